The highest BCUT2D eigenvalue weighted by molar-refractivity contribution is 5.87. The summed E-state index contributed by atoms with van der Waals surface area (Å²) in [6.07, 6.45) is 0.445. The molecule has 1 aromatic rings. The van der Waals surface area contributed by atoms with Gasteiger partial charge in [-0.3, -0.25) is 9.59 Å². The molecular formula is C13H13F2NO3. The Morgan fingerprint density at radius 1 is 1.42 bits per heavy atom. The fraction of sp³-hybridized carbons (Fsp3) is 0.385. The van der Waals surface area contributed by atoms with Crippen molar-refractivity contribution in [2.45, 2.75) is 25.3 Å². The molecule has 1 fully saturated rings. The molecule has 1 amide bonds. The van der Waals surface area contributed by atoms with E-state index in [9.17, 15) is 18.4 Å². The lowest BCUT2D eigenvalue weighted by molar-refractivity contribution is -0.141. The molecule has 2 rings (SSSR count). The van der Waals surface area contributed by atoms with E-state index in [1.807, 2.05) is 0 Å². The molecular weight excluding hydrogens is 256 g/mol. The quantitative estimate of drug-likeness (QED) is 0.873. The van der Waals surface area contributed by atoms with Gasteiger partial charge in [-0.15, -0.1) is 0 Å². The van der Waals surface area contributed by atoms with Gasteiger partial charge in [0.05, 0.1) is 0 Å². The second kappa shape index (κ2) is 4.95. The predicted molar refractivity (Wildman–Crippen MR) is 62.4 cm³/mol. The van der Waals surface area contributed by atoms with Crippen molar-refractivity contribution in [1.82, 2.24) is 5.32 Å². The Balaban J connectivity index is 2.00. The van der Waals surface area contributed by atoms with Crippen LogP contribution in [0.2, 0.25) is 0 Å². The maximum absolute atomic E-state index is 13.5. The van der Waals surface area contributed by atoms with Crippen LogP contribution in [0, 0.1) is 17.6 Å². The molecule has 0 bridgehead atoms. The molecule has 2 unspecified atom stereocenters. The SMILES string of the molecule is C[C@H](NC(=O)C1CC1c1ccc(F)cc1F)C(=O)O. The van der Waals surface area contributed by atoms with Gasteiger partial charge in [0.1, 0.15) is 17.7 Å². The van der Waals surface area contributed by atoms with Gasteiger partial charge in [0.15, 0.2) is 0 Å². The minimum absolute atomic E-state index is 0.296. The topological polar surface area (TPSA) is 66.4 Å². The molecule has 0 aromatic heterocycles. The molecule has 0 heterocycles. The number of carboxylic acids is 1. The first-order chi connectivity index (χ1) is 8.90. The Morgan fingerprint density at radius 2 is 2.11 bits per heavy atom. The number of carbonyl (C=O) groups excluding carboxylic acids is 1. The zero-order chi connectivity index (χ0) is 14.2. The molecule has 0 radical (unpaired) electrons. The molecule has 3 atom stereocenters. The predicted octanol–water partition coefficient (Wildman–Crippen LogP) is 1.66. The van der Waals surface area contributed by atoms with Gasteiger partial charge >= 0.3 is 5.97 Å². The van der Waals surface area contributed by atoms with Crippen molar-refractivity contribution in [3.63, 3.8) is 0 Å². The van der Waals surface area contributed by atoms with Crippen LogP contribution < -0.4 is 5.32 Å². The zero-order valence-corrected chi connectivity index (χ0v) is 10.2. The van der Waals surface area contributed by atoms with Crippen molar-refractivity contribution in [3.05, 3.63) is 35.4 Å². The summed E-state index contributed by atoms with van der Waals surface area (Å²) in [5.41, 5.74) is 0.296. The summed E-state index contributed by atoms with van der Waals surface area (Å²) in [6, 6.07) is 2.27. The summed E-state index contributed by atoms with van der Waals surface area (Å²) in [7, 11) is 0. The first kappa shape index (κ1) is 13.5. The highest BCUT2D eigenvalue weighted by Crippen LogP contribution is 2.48. The van der Waals surface area contributed by atoms with Gasteiger partial charge in [-0.2, -0.15) is 0 Å². The molecule has 0 aliphatic heterocycles. The molecule has 1 aliphatic carbocycles. The first-order valence-electron chi connectivity index (χ1n) is 5.88. The van der Waals surface area contributed by atoms with E-state index in [0.29, 0.717) is 12.0 Å². The number of hydrogen-bond donors (Lipinski definition) is 2. The number of rotatable bonds is 4. The first-order valence-corrected chi connectivity index (χ1v) is 5.88. The van der Waals surface area contributed by atoms with E-state index in [1.54, 1.807) is 0 Å². The molecule has 1 aliphatic rings. The Morgan fingerprint density at radius 3 is 2.68 bits per heavy atom. The number of carbonyl (C=O) groups is 2. The van der Waals surface area contributed by atoms with Crippen LogP contribution in [0.5, 0.6) is 0 Å². The summed E-state index contributed by atoms with van der Waals surface area (Å²) in [6.45, 7) is 1.36. The highest BCUT2D eigenvalue weighted by atomic mass is 19.1. The summed E-state index contributed by atoms with van der Waals surface area (Å²) in [5, 5.41) is 11.0. The molecule has 6 heteroatoms. The molecule has 0 saturated heterocycles. The number of hydrogen-bond acceptors (Lipinski definition) is 2. The van der Waals surface area contributed by atoms with Gasteiger partial charge in [-0.25, -0.2) is 8.78 Å². The Bertz CT molecular complexity index is 533. The van der Waals surface area contributed by atoms with Crippen molar-refractivity contribution in [1.29, 1.82) is 0 Å². The van der Waals surface area contributed by atoms with Gasteiger partial charge < -0.3 is 10.4 Å². The molecule has 1 aromatic carbocycles. The van der Waals surface area contributed by atoms with E-state index in [1.165, 1.54) is 13.0 Å². The van der Waals surface area contributed by atoms with Gasteiger partial charge in [0.25, 0.3) is 0 Å². The largest absolute Gasteiger partial charge is 0.480 e. The van der Waals surface area contributed by atoms with E-state index in [2.05, 4.69) is 5.32 Å². The molecule has 102 valence electrons. The fourth-order valence-corrected chi connectivity index (χ4v) is 2.01. The Labute approximate surface area is 108 Å². The minimum Gasteiger partial charge on any atom is -0.480 e. The molecule has 4 nitrogen and oxygen atoms in total. The van der Waals surface area contributed by atoms with Crippen molar-refractivity contribution < 1.29 is 23.5 Å². The maximum atomic E-state index is 13.5. The van der Waals surface area contributed by atoms with Crippen LogP contribution in [0.25, 0.3) is 0 Å². The van der Waals surface area contributed by atoms with Crippen LogP contribution in [0.4, 0.5) is 8.78 Å². The lowest BCUT2D eigenvalue weighted by Gasteiger charge is -2.09. The van der Waals surface area contributed by atoms with Crippen LogP contribution >= 0.6 is 0 Å². The average Bonchev–Trinajstić information content (AvgIpc) is 3.08. The number of carboxylic acid groups (broad SMARTS) is 1. The fourth-order valence-electron chi connectivity index (χ4n) is 2.01. The minimum atomic E-state index is -1.13. The molecule has 2 N–H and O–H groups in total. The number of benzene rings is 1. The van der Waals surface area contributed by atoms with E-state index >= 15 is 0 Å². The van der Waals surface area contributed by atoms with Crippen LogP contribution in [0.1, 0.15) is 24.8 Å². The summed E-state index contributed by atoms with van der Waals surface area (Å²) in [5.74, 6) is -3.63. The van der Waals surface area contributed by atoms with Gasteiger partial charge in [-0.1, -0.05) is 6.07 Å². The average molecular weight is 269 g/mol. The number of nitrogens with one attached hydrogen (secondary N) is 1. The number of aliphatic carboxylic acids is 1. The molecule has 0 spiro atoms. The van der Waals surface area contributed by atoms with E-state index in [4.69, 9.17) is 5.11 Å². The zero-order valence-electron chi connectivity index (χ0n) is 10.2. The summed E-state index contributed by atoms with van der Waals surface area (Å²) in [4.78, 5) is 22.3. The molecule has 19 heavy (non-hydrogen) atoms. The molecule has 1 saturated carbocycles. The smallest absolute Gasteiger partial charge is 0.325 e. The van der Waals surface area contributed by atoms with Crippen molar-refractivity contribution in [3.8, 4) is 0 Å². The summed E-state index contributed by atoms with van der Waals surface area (Å²) >= 11 is 0. The van der Waals surface area contributed by atoms with Crippen molar-refractivity contribution >= 4 is 11.9 Å². The van der Waals surface area contributed by atoms with Crippen LogP contribution in [0.3, 0.4) is 0 Å². The third-order valence-corrected chi connectivity index (χ3v) is 3.22. The second-order valence-corrected chi connectivity index (χ2v) is 4.68. The van der Waals surface area contributed by atoms with E-state index < -0.39 is 35.5 Å². The Hall–Kier alpha value is -1.98. The van der Waals surface area contributed by atoms with E-state index in [0.717, 1.165) is 12.1 Å². The number of halogens is 2. The van der Waals surface area contributed by atoms with Crippen LogP contribution in [0.15, 0.2) is 18.2 Å². The van der Waals surface area contributed by atoms with Crippen LogP contribution in [-0.4, -0.2) is 23.0 Å². The van der Waals surface area contributed by atoms with Gasteiger partial charge in [-0.05, 0) is 30.9 Å². The summed E-state index contributed by atoms with van der Waals surface area (Å²) < 4.78 is 26.3. The van der Waals surface area contributed by atoms with Crippen molar-refractivity contribution in [2.75, 3.05) is 0 Å². The van der Waals surface area contributed by atoms with Crippen LogP contribution in [-0.2, 0) is 9.59 Å². The van der Waals surface area contributed by atoms with Crippen molar-refractivity contribution in [2.24, 2.45) is 5.92 Å². The number of amides is 1. The normalized spacial score (nSPS) is 22.7. The monoisotopic (exact) mass is 269 g/mol. The highest BCUT2D eigenvalue weighted by Gasteiger charge is 2.45. The lowest BCUT2D eigenvalue weighted by atomic mass is 10.1. The van der Waals surface area contributed by atoms with E-state index in [-0.39, 0.29) is 5.92 Å². The standard InChI is InChI=1S/C13H13F2NO3/c1-6(13(18)19)16-12(17)10-5-9(10)8-3-2-7(14)4-11(8)15/h2-4,6,9-10H,5H2,1H3,(H,16,17)(H,18,19)/t6-,9?,10?/m0/s1. The second-order valence-electron chi connectivity index (χ2n) is 4.68. The van der Waals surface area contributed by atoms with Gasteiger partial charge in [0.2, 0.25) is 5.91 Å². The lowest BCUT2D eigenvalue weighted by Crippen LogP contribution is -2.39. The third-order valence-electron chi connectivity index (χ3n) is 3.22. The Kier molecular flexibility index (Phi) is 3.50. The maximum Gasteiger partial charge on any atom is 0.325 e. The van der Waals surface area contributed by atoms with Gasteiger partial charge in [0, 0.05) is 12.0 Å². The third kappa shape index (κ3) is 2.89.